The zero-order chi connectivity index (χ0) is 13.1. The Labute approximate surface area is 120 Å². The lowest BCUT2D eigenvalue weighted by Crippen LogP contribution is -2.20. The number of amidine groups is 1. The summed E-state index contributed by atoms with van der Waals surface area (Å²) in [6.45, 7) is 2.47. The molecule has 2 N–H and O–H groups in total. The van der Waals surface area contributed by atoms with Crippen molar-refractivity contribution in [2.75, 3.05) is 18.4 Å². The molecular formula is C13H13ClN4S. The smallest absolute Gasteiger partial charge is 0.183 e. The number of anilines is 1. The lowest BCUT2D eigenvalue weighted by molar-refractivity contribution is 0.960. The quantitative estimate of drug-likeness (QED) is 0.911. The topological polar surface area (TPSA) is 49.3 Å². The van der Waals surface area contributed by atoms with Gasteiger partial charge in [0.2, 0.25) is 0 Å². The first kappa shape index (κ1) is 12.4. The van der Waals surface area contributed by atoms with Crippen LogP contribution >= 0.6 is 22.9 Å². The summed E-state index contributed by atoms with van der Waals surface area (Å²) in [4.78, 5) is 9.61. The van der Waals surface area contributed by atoms with Gasteiger partial charge in [-0.15, -0.1) is 11.3 Å². The van der Waals surface area contributed by atoms with Crippen molar-refractivity contribution >= 4 is 34.5 Å². The zero-order valence-electron chi connectivity index (χ0n) is 10.2. The van der Waals surface area contributed by atoms with Crippen LogP contribution in [0.3, 0.4) is 0 Å². The average molecular weight is 293 g/mol. The SMILES string of the molecule is Clc1ncc(CNc2ccccc2C2=NCCN2)s1. The summed E-state index contributed by atoms with van der Waals surface area (Å²) in [6.07, 6.45) is 1.80. The average Bonchev–Trinajstić information content (AvgIpc) is 3.08. The highest BCUT2D eigenvalue weighted by Gasteiger charge is 2.12. The first-order chi connectivity index (χ1) is 9.33. The van der Waals surface area contributed by atoms with Crippen LogP contribution in [-0.2, 0) is 6.54 Å². The molecule has 0 unspecified atom stereocenters. The number of thiazole rings is 1. The second-order valence-corrected chi connectivity index (χ2v) is 5.83. The fraction of sp³-hybridized carbons (Fsp3) is 0.231. The fourth-order valence-corrected chi connectivity index (χ4v) is 2.89. The lowest BCUT2D eigenvalue weighted by Gasteiger charge is -2.11. The molecule has 98 valence electrons. The van der Waals surface area contributed by atoms with Crippen LogP contribution in [0.4, 0.5) is 5.69 Å². The third-order valence-corrected chi connectivity index (χ3v) is 3.95. The largest absolute Gasteiger partial charge is 0.379 e. The normalized spacial score (nSPS) is 14.1. The van der Waals surface area contributed by atoms with E-state index in [-0.39, 0.29) is 0 Å². The number of aliphatic imine (C=N–C) groups is 1. The Morgan fingerprint density at radius 2 is 2.26 bits per heavy atom. The molecule has 0 fully saturated rings. The number of hydrogen-bond acceptors (Lipinski definition) is 5. The van der Waals surface area contributed by atoms with Crippen LogP contribution in [0, 0.1) is 0 Å². The number of hydrogen-bond donors (Lipinski definition) is 2. The van der Waals surface area contributed by atoms with Crippen molar-refractivity contribution in [1.82, 2.24) is 10.3 Å². The van der Waals surface area contributed by atoms with Gasteiger partial charge in [0, 0.05) is 28.9 Å². The summed E-state index contributed by atoms with van der Waals surface area (Å²) in [6, 6.07) is 8.16. The van der Waals surface area contributed by atoms with Gasteiger partial charge in [0.25, 0.3) is 0 Å². The maximum absolute atomic E-state index is 5.83. The van der Waals surface area contributed by atoms with Gasteiger partial charge in [0.1, 0.15) is 5.84 Å². The van der Waals surface area contributed by atoms with Crippen molar-refractivity contribution in [1.29, 1.82) is 0 Å². The molecule has 0 spiro atoms. The Kier molecular flexibility index (Phi) is 3.66. The van der Waals surface area contributed by atoms with E-state index >= 15 is 0 Å². The Bertz CT molecular complexity index is 608. The van der Waals surface area contributed by atoms with Gasteiger partial charge in [-0.25, -0.2) is 4.98 Å². The molecule has 2 heterocycles. The van der Waals surface area contributed by atoms with Crippen LogP contribution in [0.25, 0.3) is 0 Å². The number of para-hydroxylation sites is 1. The molecule has 2 aromatic rings. The number of benzene rings is 1. The minimum absolute atomic E-state index is 0.576. The predicted molar refractivity (Wildman–Crippen MR) is 80.3 cm³/mol. The molecule has 1 aromatic carbocycles. The fourth-order valence-electron chi connectivity index (χ4n) is 1.97. The highest BCUT2D eigenvalue weighted by molar-refractivity contribution is 7.15. The Morgan fingerprint density at radius 3 is 3.00 bits per heavy atom. The summed E-state index contributed by atoms with van der Waals surface area (Å²) in [5.41, 5.74) is 2.18. The van der Waals surface area contributed by atoms with Gasteiger partial charge in [-0.1, -0.05) is 23.7 Å². The third-order valence-electron chi connectivity index (χ3n) is 2.83. The summed E-state index contributed by atoms with van der Waals surface area (Å²) in [5.74, 6) is 0.963. The van der Waals surface area contributed by atoms with E-state index in [4.69, 9.17) is 11.6 Å². The van der Waals surface area contributed by atoms with Crippen molar-refractivity contribution < 1.29 is 0 Å². The molecule has 0 amide bonds. The monoisotopic (exact) mass is 292 g/mol. The molecule has 0 atom stereocenters. The molecule has 6 heteroatoms. The number of aromatic nitrogens is 1. The van der Waals surface area contributed by atoms with Gasteiger partial charge in [-0.05, 0) is 12.1 Å². The molecular weight excluding hydrogens is 280 g/mol. The van der Waals surface area contributed by atoms with Crippen LogP contribution in [-0.4, -0.2) is 23.9 Å². The van der Waals surface area contributed by atoms with Gasteiger partial charge >= 0.3 is 0 Å². The standard InChI is InChI=1S/C13H13ClN4S/c14-13-18-8-9(19-13)7-17-11-4-2-1-3-10(11)12-15-5-6-16-12/h1-4,8,17H,5-7H2,(H,15,16). The summed E-state index contributed by atoms with van der Waals surface area (Å²) >= 11 is 7.32. The molecule has 1 aromatic heterocycles. The summed E-state index contributed by atoms with van der Waals surface area (Å²) in [5, 5.41) is 6.71. The Morgan fingerprint density at radius 1 is 1.37 bits per heavy atom. The second kappa shape index (κ2) is 5.59. The van der Waals surface area contributed by atoms with E-state index in [1.54, 1.807) is 6.20 Å². The van der Waals surface area contributed by atoms with Gasteiger partial charge in [0.05, 0.1) is 13.1 Å². The van der Waals surface area contributed by atoms with Crippen LogP contribution < -0.4 is 10.6 Å². The van der Waals surface area contributed by atoms with Crippen molar-refractivity contribution in [3.05, 3.63) is 45.4 Å². The van der Waals surface area contributed by atoms with E-state index < -0.39 is 0 Å². The van der Waals surface area contributed by atoms with Crippen LogP contribution in [0.1, 0.15) is 10.4 Å². The first-order valence-corrected chi connectivity index (χ1v) is 7.24. The minimum atomic E-state index is 0.576. The number of rotatable bonds is 4. The van der Waals surface area contributed by atoms with E-state index in [1.807, 2.05) is 12.1 Å². The maximum atomic E-state index is 5.83. The maximum Gasteiger partial charge on any atom is 0.183 e. The van der Waals surface area contributed by atoms with Gasteiger partial charge < -0.3 is 10.6 Å². The van der Waals surface area contributed by atoms with E-state index in [0.29, 0.717) is 11.0 Å². The van der Waals surface area contributed by atoms with E-state index in [0.717, 1.165) is 35.1 Å². The molecule has 4 nitrogen and oxygen atoms in total. The molecule has 1 aliphatic heterocycles. The second-order valence-electron chi connectivity index (χ2n) is 4.14. The number of nitrogens with zero attached hydrogens (tertiary/aromatic N) is 2. The Hall–Kier alpha value is -1.59. The summed E-state index contributed by atoms with van der Waals surface area (Å²) < 4.78 is 0.576. The molecule has 19 heavy (non-hydrogen) atoms. The number of halogens is 1. The molecule has 0 saturated carbocycles. The van der Waals surface area contributed by atoms with Crippen molar-refractivity contribution in [2.45, 2.75) is 6.54 Å². The predicted octanol–water partition coefficient (Wildman–Crippen LogP) is 2.76. The van der Waals surface area contributed by atoms with E-state index in [2.05, 4.69) is 32.7 Å². The molecule has 0 radical (unpaired) electrons. The molecule has 0 saturated heterocycles. The van der Waals surface area contributed by atoms with Crippen LogP contribution in [0.15, 0.2) is 35.5 Å². The Balaban J connectivity index is 1.77. The molecule has 1 aliphatic rings. The molecule has 0 bridgehead atoms. The van der Waals surface area contributed by atoms with Gasteiger partial charge in [-0.2, -0.15) is 0 Å². The number of nitrogens with one attached hydrogen (secondary N) is 2. The van der Waals surface area contributed by atoms with Crippen molar-refractivity contribution in [3.8, 4) is 0 Å². The van der Waals surface area contributed by atoms with Gasteiger partial charge in [-0.3, -0.25) is 4.99 Å². The van der Waals surface area contributed by atoms with Crippen molar-refractivity contribution in [3.63, 3.8) is 0 Å². The van der Waals surface area contributed by atoms with Crippen LogP contribution in [0.5, 0.6) is 0 Å². The zero-order valence-corrected chi connectivity index (χ0v) is 11.8. The van der Waals surface area contributed by atoms with Crippen LogP contribution in [0.2, 0.25) is 4.47 Å². The third kappa shape index (κ3) is 2.88. The highest BCUT2D eigenvalue weighted by Crippen LogP contribution is 2.21. The highest BCUT2D eigenvalue weighted by atomic mass is 35.5. The molecule has 0 aliphatic carbocycles. The van der Waals surface area contributed by atoms with E-state index in [1.165, 1.54) is 11.3 Å². The van der Waals surface area contributed by atoms with Gasteiger partial charge in [0.15, 0.2) is 4.47 Å². The summed E-state index contributed by atoms with van der Waals surface area (Å²) in [7, 11) is 0. The van der Waals surface area contributed by atoms with E-state index in [9.17, 15) is 0 Å². The van der Waals surface area contributed by atoms with Crippen molar-refractivity contribution in [2.24, 2.45) is 4.99 Å². The molecule has 3 rings (SSSR count). The lowest BCUT2D eigenvalue weighted by atomic mass is 10.1. The minimum Gasteiger partial charge on any atom is -0.379 e. The first-order valence-electron chi connectivity index (χ1n) is 6.05.